The summed E-state index contributed by atoms with van der Waals surface area (Å²) in [6.45, 7) is 1.70. The van der Waals surface area contributed by atoms with E-state index >= 15 is 0 Å². The Bertz CT molecular complexity index is 665. The maximum absolute atomic E-state index is 12.7. The lowest BCUT2D eigenvalue weighted by molar-refractivity contribution is -0.137. The average Bonchev–Trinajstić information content (AvgIpc) is 2.40. The van der Waals surface area contributed by atoms with Crippen LogP contribution in [-0.2, 0) is 19.0 Å². The molecule has 0 bridgehead atoms. The first-order valence-corrected chi connectivity index (χ1v) is 6.86. The molecule has 2 aromatic rings. The monoisotopic (exact) mass is 332 g/mol. The molecule has 0 spiro atoms. The largest absolute Gasteiger partial charge is 0.416 e. The quantitative estimate of drug-likeness (QED) is 0.632. The average molecular weight is 332 g/mol. The Hall–Kier alpha value is -1.98. The number of hydrogen-bond donors (Lipinski definition) is 0. The molecule has 0 saturated heterocycles. The van der Waals surface area contributed by atoms with Crippen molar-refractivity contribution in [2.75, 3.05) is 0 Å². The summed E-state index contributed by atoms with van der Waals surface area (Å²) in [6.07, 6.45) is -9.48. The van der Waals surface area contributed by atoms with Gasteiger partial charge in [-0.05, 0) is 47.7 Å². The van der Waals surface area contributed by atoms with E-state index in [2.05, 4.69) is 0 Å². The first-order chi connectivity index (χ1) is 10.5. The number of aryl methyl sites for hydroxylation is 1. The second-order valence-corrected chi connectivity index (χ2v) is 5.42. The number of hydrogen-bond acceptors (Lipinski definition) is 0. The van der Waals surface area contributed by atoms with Gasteiger partial charge in [0.25, 0.3) is 0 Å². The van der Waals surface area contributed by atoms with Gasteiger partial charge in [-0.1, -0.05) is 30.3 Å². The van der Waals surface area contributed by atoms with Crippen molar-refractivity contribution in [3.05, 3.63) is 70.3 Å². The van der Waals surface area contributed by atoms with Gasteiger partial charge in [-0.3, -0.25) is 0 Å². The van der Waals surface area contributed by atoms with E-state index in [1.165, 1.54) is 30.3 Å². The summed E-state index contributed by atoms with van der Waals surface area (Å²) >= 11 is 0. The van der Waals surface area contributed by atoms with Gasteiger partial charge in [0.05, 0.1) is 12.0 Å². The normalized spacial score (nSPS) is 12.5. The molecule has 2 rings (SSSR count). The maximum Gasteiger partial charge on any atom is 0.416 e. The van der Waals surface area contributed by atoms with Gasteiger partial charge in [0.15, 0.2) is 0 Å². The third-order valence-corrected chi connectivity index (χ3v) is 3.50. The van der Waals surface area contributed by atoms with E-state index in [-0.39, 0.29) is 12.0 Å². The second kappa shape index (κ2) is 6.26. The highest BCUT2D eigenvalue weighted by atomic mass is 19.4. The van der Waals surface area contributed by atoms with Gasteiger partial charge in [-0.25, -0.2) is 0 Å². The van der Waals surface area contributed by atoms with Gasteiger partial charge >= 0.3 is 12.4 Å². The minimum absolute atomic E-state index is 0.127. The fraction of sp³-hybridized carbons (Fsp3) is 0.294. The number of rotatable bonds is 3. The Morgan fingerprint density at radius 3 is 1.87 bits per heavy atom. The van der Waals surface area contributed by atoms with Crippen molar-refractivity contribution in [1.29, 1.82) is 0 Å². The fourth-order valence-corrected chi connectivity index (χ4v) is 2.26. The molecular formula is C17H14F6. The van der Waals surface area contributed by atoms with Crippen LogP contribution in [0.25, 0.3) is 0 Å². The van der Waals surface area contributed by atoms with Crippen molar-refractivity contribution in [2.24, 2.45) is 0 Å². The van der Waals surface area contributed by atoms with Crippen molar-refractivity contribution in [1.82, 2.24) is 0 Å². The zero-order valence-electron chi connectivity index (χ0n) is 12.2. The highest BCUT2D eigenvalue weighted by Gasteiger charge is 2.30. The van der Waals surface area contributed by atoms with Crippen LogP contribution in [0, 0.1) is 6.92 Å². The molecule has 0 N–H and O–H groups in total. The van der Waals surface area contributed by atoms with E-state index in [9.17, 15) is 26.3 Å². The molecule has 0 atom stereocenters. The van der Waals surface area contributed by atoms with Gasteiger partial charge < -0.3 is 0 Å². The predicted molar refractivity (Wildman–Crippen MR) is 75.2 cm³/mol. The molecule has 0 radical (unpaired) electrons. The lowest BCUT2D eigenvalue weighted by atomic mass is 9.97. The molecule has 23 heavy (non-hydrogen) atoms. The molecule has 124 valence electrons. The van der Waals surface area contributed by atoms with Crippen LogP contribution in [0.2, 0.25) is 0 Å². The summed E-state index contributed by atoms with van der Waals surface area (Å²) in [4.78, 5) is 0. The molecule has 0 aromatic heterocycles. The Morgan fingerprint density at radius 1 is 0.783 bits per heavy atom. The van der Waals surface area contributed by atoms with E-state index in [1.54, 1.807) is 6.92 Å². The van der Waals surface area contributed by atoms with Crippen molar-refractivity contribution in [3.8, 4) is 0 Å². The highest BCUT2D eigenvalue weighted by Crippen LogP contribution is 2.31. The Balaban J connectivity index is 2.19. The zero-order valence-corrected chi connectivity index (χ0v) is 12.2. The molecule has 0 amide bonds. The minimum Gasteiger partial charge on any atom is -0.171 e. The molecule has 6 heteroatoms. The Labute approximate surface area is 129 Å². The standard InChI is InChI=1S/C17H14F6/c1-11-2-7-15(17(21,22)23)9-14(11)8-12-3-5-13(6-4-12)10-16(18,19)20/h2-7,9H,8,10H2,1H3. The van der Waals surface area contributed by atoms with Gasteiger partial charge in [-0.2, -0.15) is 26.3 Å². The van der Waals surface area contributed by atoms with Crippen molar-refractivity contribution >= 4 is 0 Å². The van der Waals surface area contributed by atoms with E-state index in [4.69, 9.17) is 0 Å². The Morgan fingerprint density at radius 2 is 1.35 bits per heavy atom. The zero-order chi connectivity index (χ0) is 17.3. The van der Waals surface area contributed by atoms with E-state index in [0.29, 0.717) is 16.7 Å². The topological polar surface area (TPSA) is 0 Å². The van der Waals surface area contributed by atoms with Gasteiger partial charge in [-0.15, -0.1) is 0 Å². The van der Waals surface area contributed by atoms with Crippen LogP contribution in [-0.4, -0.2) is 6.18 Å². The van der Waals surface area contributed by atoms with Crippen molar-refractivity contribution in [2.45, 2.75) is 32.1 Å². The van der Waals surface area contributed by atoms with Crippen LogP contribution in [0.15, 0.2) is 42.5 Å². The lowest BCUT2D eigenvalue weighted by Gasteiger charge is -2.12. The molecule has 0 heterocycles. The summed E-state index contributed by atoms with van der Waals surface area (Å²) in [5, 5.41) is 0. The predicted octanol–water partition coefficient (Wildman–Crippen LogP) is 5.71. The van der Waals surface area contributed by atoms with E-state index < -0.39 is 24.3 Å². The molecule has 0 nitrogen and oxygen atoms in total. The fourth-order valence-electron chi connectivity index (χ4n) is 2.26. The molecule has 2 aromatic carbocycles. The molecule has 0 saturated carbocycles. The highest BCUT2D eigenvalue weighted by molar-refractivity contribution is 5.37. The molecule has 0 aliphatic carbocycles. The second-order valence-electron chi connectivity index (χ2n) is 5.42. The third kappa shape index (κ3) is 5.01. The number of alkyl halides is 6. The molecule has 0 aliphatic rings. The third-order valence-electron chi connectivity index (χ3n) is 3.50. The van der Waals surface area contributed by atoms with Crippen LogP contribution >= 0.6 is 0 Å². The molecule has 0 unspecified atom stereocenters. The maximum atomic E-state index is 12.7. The van der Waals surface area contributed by atoms with Crippen LogP contribution in [0.5, 0.6) is 0 Å². The molecule has 0 aliphatic heterocycles. The van der Waals surface area contributed by atoms with Gasteiger partial charge in [0.2, 0.25) is 0 Å². The Kier molecular flexibility index (Phi) is 4.73. The molecule has 0 fully saturated rings. The number of halogens is 6. The van der Waals surface area contributed by atoms with Gasteiger partial charge in [0, 0.05) is 0 Å². The summed E-state index contributed by atoms with van der Waals surface area (Å²) < 4.78 is 75.1. The summed E-state index contributed by atoms with van der Waals surface area (Å²) in [5.74, 6) is 0. The SMILES string of the molecule is Cc1ccc(C(F)(F)F)cc1Cc1ccc(CC(F)(F)F)cc1. The first-order valence-electron chi connectivity index (χ1n) is 6.86. The molecular weight excluding hydrogens is 318 g/mol. The summed E-state index contributed by atoms with van der Waals surface area (Å²) in [5.41, 5.74) is 1.27. The smallest absolute Gasteiger partial charge is 0.171 e. The van der Waals surface area contributed by atoms with Gasteiger partial charge in [0.1, 0.15) is 0 Å². The van der Waals surface area contributed by atoms with Crippen LogP contribution in [0.1, 0.15) is 27.8 Å². The summed E-state index contributed by atoms with van der Waals surface area (Å²) in [7, 11) is 0. The van der Waals surface area contributed by atoms with Crippen LogP contribution < -0.4 is 0 Å². The van der Waals surface area contributed by atoms with Crippen molar-refractivity contribution in [3.63, 3.8) is 0 Å². The van der Waals surface area contributed by atoms with E-state index in [0.717, 1.165) is 12.1 Å². The minimum atomic E-state index is -4.42. The lowest BCUT2D eigenvalue weighted by Crippen LogP contribution is -2.11. The summed E-state index contributed by atoms with van der Waals surface area (Å²) in [6, 6.07) is 9.24. The first kappa shape index (κ1) is 17.4. The van der Waals surface area contributed by atoms with E-state index in [1.807, 2.05) is 0 Å². The number of benzene rings is 2. The van der Waals surface area contributed by atoms with Crippen LogP contribution in [0.3, 0.4) is 0 Å². The van der Waals surface area contributed by atoms with Crippen molar-refractivity contribution < 1.29 is 26.3 Å². The van der Waals surface area contributed by atoms with Crippen LogP contribution in [0.4, 0.5) is 26.3 Å².